The summed E-state index contributed by atoms with van der Waals surface area (Å²) in [4.78, 5) is 28.3. The van der Waals surface area contributed by atoms with Crippen molar-refractivity contribution in [1.29, 1.82) is 0 Å². The third kappa shape index (κ3) is 3.92. The van der Waals surface area contributed by atoms with Gasteiger partial charge in [-0.3, -0.25) is 0 Å². The number of nitrogens with zero attached hydrogens (tertiary/aromatic N) is 2. The van der Waals surface area contributed by atoms with Crippen LogP contribution in [0.2, 0.25) is 0 Å². The molecule has 0 aliphatic carbocycles. The molecule has 4 aliphatic rings. The lowest BCUT2D eigenvalue weighted by Gasteiger charge is -2.41. The van der Waals surface area contributed by atoms with E-state index in [2.05, 4.69) is 22.8 Å². The summed E-state index contributed by atoms with van der Waals surface area (Å²) in [6, 6.07) is 4.01. The van der Waals surface area contributed by atoms with Gasteiger partial charge in [0, 0.05) is 38.3 Å². The Labute approximate surface area is 189 Å². The highest BCUT2D eigenvalue weighted by Crippen LogP contribution is 2.34. The summed E-state index contributed by atoms with van der Waals surface area (Å²) in [5, 5.41) is 0. The predicted molar refractivity (Wildman–Crippen MR) is 118 cm³/mol. The minimum atomic E-state index is -0.198. The van der Waals surface area contributed by atoms with E-state index in [0.717, 1.165) is 80.8 Å². The van der Waals surface area contributed by atoms with Crippen LogP contribution in [0.3, 0.4) is 0 Å². The van der Waals surface area contributed by atoms with Crippen LogP contribution in [0.25, 0.3) is 0 Å². The number of ether oxygens (including phenoxy) is 3. The Morgan fingerprint density at radius 1 is 0.938 bits per heavy atom. The highest BCUT2D eigenvalue weighted by Gasteiger charge is 2.38. The van der Waals surface area contributed by atoms with E-state index in [-0.39, 0.29) is 17.5 Å². The SMILES string of the molecule is CC1=C(N2CCOC3(CCN(CCc4ccc5c(c4C)COC5=O)CC3)CC2)COC1=O. The topological polar surface area (TPSA) is 68.3 Å². The first-order valence-corrected chi connectivity index (χ1v) is 11.7. The lowest BCUT2D eigenvalue weighted by Crippen LogP contribution is -2.47. The first-order valence-electron chi connectivity index (χ1n) is 11.7. The minimum Gasteiger partial charge on any atom is -0.457 e. The van der Waals surface area contributed by atoms with Gasteiger partial charge in [0.2, 0.25) is 0 Å². The van der Waals surface area contributed by atoms with Crippen molar-refractivity contribution < 1.29 is 23.8 Å². The third-order valence-electron chi connectivity index (χ3n) is 7.81. The first-order chi connectivity index (χ1) is 15.5. The highest BCUT2D eigenvalue weighted by atomic mass is 16.5. The average molecular weight is 441 g/mol. The first kappa shape index (κ1) is 21.5. The Balaban J connectivity index is 1.15. The van der Waals surface area contributed by atoms with Crippen molar-refractivity contribution in [2.75, 3.05) is 45.9 Å². The number of cyclic esters (lactones) is 2. The second kappa shape index (κ2) is 8.52. The van der Waals surface area contributed by atoms with Crippen LogP contribution in [0.15, 0.2) is 23.4 Å². The molecule has 0 radical (unpaired) electrons. The van der Waals surface area contributed by atoms with Crippen molar-refractivity contribution >= 4 is 11.9 Å². The van der Waals surface area contributed by atoms with Crippen LogP contribution < -0.4 is 0 Å². The molecule has 1 spiro atoms. The van der Waals surface area contributed by atoms with Gasteiger partial charge in [-0.05, 0) is 56.7 Å². The number of esters is 2. The summed E-state index contributed by atoms with van der Waals surface area (Å²) in [5.74, 6) is -0.387. The molecule has 0 N–H and O–H groups in total. The van der Waals surface area contributed by atoms with Crippen LogP contribution in [0, 0.1) is 6.92 Å². The molecule has 1 aromatic carbocycles. The van der Waals surface area contributed by atoms with Gasteiger partial charge < -0.3 is 24.0 Å². The van der Waals surface area contributed by atoms with Crippen LogP contribution in [-0.2, 0) is 32.0 Å². The summed E-state index contributed by atoms with van der Waals surface area (Å²) in [6.07, 6.45) is 4.06. The number of fused-ring (bicyclic) bond motifs is 1. The van der Waals surface area contributed by atoms with E-state index in [1.54, 1.807) is 0 Å². The standard InChI is InChI=1S/C25H32N2O5/c1-17-19(3-4-20-21(17)15-30-24(20)29)5-9-26-10-6-25(7-11-26)8-12-27(13-14-32-25)22-16-31-23(28)18(22)2/h3-4H,5-16H2,1-2H3. The van der Waals surface area contributed by atoms with Crippen molar-refractivity contribution in [1.82, 2.24) is 9.80 Å². The van der Waals surface area contributed by atoms with Crippen LogP contribution in [0.1, 0.15) is 53.2 Å². The monoisotopic (exact) mass is 440 g/mol. The minimum absolute atomic E-state index is 0.0512. The Bertz CT molecular complexity index is 961. The molecule has 5 rings (SSSR count). The zero-order chi connectivity index (χ0) is 22.3. The molecule has 0 atom stereocenters. The molecule has 4 heterocycles. The number of piperidine rings is 1. The molecule has 2 saturated heterocycles. The largest absolute Gasteiger partial charge is 0.457 e. The molecule has 1 aromatic rings. The van der Waals surface area contributed by atoms with Gasteiger partial charge >= 0.3 is 11.9 Å². The van der Waals surface area contributed by atoms with E-state index in [9.17, 15) is 9.59 Å². The van der Waals surface area contributed by atoms with Crippen LogP contribution in [0.5, 0.6) is 0 Å². The van der Waals surface area contributed by atoms with Crippen LogP contribution >= 0.6 is 0 Å². The molecular weight excluding hydrogens is 408 g/mol. The molecule has 0 unspecified atom stereocenters. The highest BCUT2D eigenvalue weighted by molar-refractivity contribution is 5.94. The summed E-state index contributed by atoms with van der Waals surface area (Å²) >= 11 is 0. The molecule has 0 aromatic heterocycles. The fraction of sp³-hybridized carbons (Fsp3) is 0.600. The molecule has 172 valence electrons. The number of rotatable bonds is 4. The van der Waals surface area contributed by atoms with Crippen molar-refractivity contribution in [3.8, 4) is 0 Å². The molecule has 7 heteroatoms. The van der Waals surface area contributed by atoms with E-state index < -0.39 is 0 Å². The lowest BCUT2D eigenvalue weighted by molar-refractivity contribution is -0.136. The molecule has 7 nitrogen and oxygen atoms in total. The summed E-state index contributed by atoms with van der Waals surface area (Å²) in [6.45, 7) is 10.3. The normalized spacial score (nSPS) is 23.4. The predicted octanol–water partition coefficient (Wildman–Crippen LogP) is 2.60. The van der Waals surface area contributed by atoms with E-state index >= 15 is 0 Å². The van der Waals surface area contributed by atoms with Crippen LogP contribution in [0.4, 0.5) is 0 Å². The van der Waals surface area contributed by atoms with Gasteiger partial charge in [-0.1, -0.05) is 6.07 Å². The quantitative estimate of drug-likeness (QED) is 0.667. The lowest BCUT2D eigenvalue weighted by atomic mass is 9.87. The van der Waals surface area contributed by atoms with E-state index in [1.807, 2.05) is 13.0 Å². The maximum Gasteiger partial charge on any atom is 0.338 e. The average Bonchev–Trinajstić information content (AvgIpc) is 3.26. The fourth-order valence-electron chi connectivity index (χ4n) is 5.49. The van der Waals surface area contributed by atoms with Crippen molar-refractivity contribution in [2.45, 2.75) is 51.7 Å². The van der Waals surface area contributed by atoms with E-state index in [4.69, 9.17) is 14.2 Å². The van der Waals surface area contributed by atoms with E-state index in [0.29, 0.717) is 19.8 Å². The number of carbonyl (C=O) groups is 2. The number of hydrogen-bond acceptors (Lipinski definition) is 7. The van der Waals surface area contributed by atoms with Gasteiger partial charge in [0.25, 0.3) is 0 Å². The Morgan fingerprint density at radius 3 is 2.44 bits per heavy atom. The second-order valence-electron chi connectivity index (χ2n) is 9.46. The number of carbonyl (C=O) groups excluding carboxylic acids is 2. The Hall–Kier alpha value is -2.38. The number of benzene rings is 1. The molecular formula is C25H32N2O5. The van der Waals surface area contributed by atoms with Gasteiger partial charge in [-0.2, -0.15) is 0 Å². The van der Waals surface area contributed by atoms with Crippen LogP contribution in [-0.4, -0.2) is 73.3 Å². The second-order valence-corrected chi connectivity index (χ2v) is 9.46. The maximum atomic E-state index is 11.8. The van der Waals surface area contributed by atoms with Crippen molar-refractivity contribution in [3.63, 3.8) is 0 Å². The summed E-state index contributed by atoms with van der Waals surface area (Å²) < 4.78 is 16.8. The Morgan fingerprint density at radius 2 is 1.69 bits per heavy atom. The van der Waals surface area contributed by atoms with Crippen molar-refractivity contribution in [2.24, 2.45) is 0 Å². The third-order valence-corrected chi connectivity index (χ3v) is 7.81. The Kier molecular flexibility index (Phi) is 5.72. The fourth-order valence-corrected chi connectivity index (χ4v) is 5.49. The summed E-state index contributed by atoms with van der Waals surface area (Å²) in [7, 11) is 0. The molecule has 0 saturated carbocycles. The molecule has 0 bridgehead atoms. The molecule has 0 amide bonds. The van der Waals surface area contributed by atoms with Gasteiger partial charge in [0.1, 0.15) is 13.2 Å². The summed E-state index contributed by atoms with van der Waals surface area (Å²) in [5.41, 5.74) is 6.02. The van der Waals surface area contributed by atoms with E-state index in [1.165, 1.54) is 11.1 Å². The zero-order valence-corrected chi connectivity index (χ0v) is 19.1. The smallest absolute Gasteiger partial charge is 0.338 e. The maximum absolute atomic E-state index is 11.8. The van der Waals surface area contributed by atoms with Gasteiger partial charge in [0.05, 0.1) is 29.0 Å². The number of likely N-dealkylation sites (tertiary alicyclic amines) is 1. The van der Waals surface area contributed by atoms with Gasteiger partial charge in [-0.25, -0.2) is 9.59 Å². The van der Waals surface area contributed by atoms with Gasteiger partial charge in [0.15, 0.2) is 0 Å². The number of hydrogen-bond donors (Lipinski definition) is 0. The zero-order valence-electron chi connectivity index (χ0n) is 19.1. The molecule has 2 fully saturated rings. The van der Waals surface area contributed by atoms with Gasteiger partial charge in [-0.15, -0.1) is 0 Å². The molecule has 32 heavy (non-hydrogen) atoms. The molecule has 4 aliphatic heterocycles. The van der Waals surface area contributed by atoms with Crippen molar-refractivity contribution in [3.05, 3.63) is 45.7 Å².